The van der Waals surface area contributed by atoms with Crippen molar-refractivity contribution in [3.63, 3.8) is 0 Å². The second-order valence-corrected chi connectivity index (χ2v) is 7.37. The van der Waals surface area contributed by atoms with E-state index in [0.29, 0.717) is 28.3 Å². The summed E-state index contributed by atoms with van der Waals surface area (Å²) in [6.45, 7) is 1.44. The van der Waals surface area contributed by atoms with Crippen molar-refractivity contribution in [3.05, 3.63) is 90.0 Å². The molecule has 0 saturated heterocycles. The largest absolute Gasteiger partial charge is 0.326 e. The fourth-order valence-corrected chi connectivity index (χ4v) is 3.48. The first-order valence-corrected chi connectivity index (χ1v) is 10.00. The van der Waals surface area contributed by atoms with E-state index in [1.165, 1.54) is 18.7 Å². The third-order valence-corrected chi connectivity index (χ3v) is 5.02. The molecule has 29 heavy (non-hydrogen) atoms. The summed E-state index contributed by atoms with van der Waals surface area (Å²) in [5.74, 6) is -0.0413. The topological polar surface area (TPSA) is 75.3 Å². The molecule has 0 saturated carbocycles. The Balaban J connectivity index is 1.60. The Hall–Kier alpha value is -3.38. The average Bonchev–Trinajstić information content (AvgIpc) is 2.74. The number of anilines is 2. The van der Waals surface area contributed by atoms with E-state index in [9.17, 15) is 14.4 Å². The van der Waals surface area contributed by atoms with Gasteiger partial charge in [0.2, 0.25) is 5.91 Å². The molecule has 2 N–H and O–H groups in total. The maximum Gasteiger partial charge on any atom is 0.255 e. The maximum absolute atomic E-state index is 12.5. The molecule has 3 rings (SSSR count). The summed E-state index contributed by atoms with van der Waals surface area (Å²) in [7, 11) is 0. The summed E-state index contributed by atoms with van der Waals surface area (Å²) in [5, 5.41) is 5.51. The van der Waals surface area contributed by atoms with Gasteiger partial charge in [-0.1, -0.05) is 36.4 Å². The number of hydrogen-bond acceptors (Lipinski definition) is 4. The Kier molecular flexibility index (Phi) is 6.81. The van der Waals surface area contributed by atoms with Gasteiger partial charge < -0.3 is 10.6 Å². The second-order valence-electron chi connectivity index (χ2n) is 6.32. The molecular formula is C23H20N2O3S. The zero-order valence-electron chi connectivity index (χ0n) is 15.8. The summed E-state index contributed by atoms with van der Waals surface area (Å²) in [4.78, 5) is 36.7. The summed E-state index contributed by atoms with van der Waals surface area (Å²) >= 11 is 1.40. The van der Waals surface area contributed by atoms with Crippen LogP contribution in [0.4, 0.5) is 11.4 Å². The number of amides is 2. The predicted molar refractivity (Wildman–Crippen MR) is 117 cm³/mol. The zero-order valence-corrected chi connectivity index (χ0v) is 16.7. The minimum atomic E-state index is -0.242. The van der Waals surface area contributed by atoms with Crippen molar-refractivity contribution >= 4 is 40.7 Å². The third kappa shape index (κ3) is 6.05. The number of ketones is 1. The molecule has 5 nitrogen and oxygen atoms in total. The Bertz CT molecular complexity index is 1020. The van der Waals surface area contributed by atoms with Gasteiger partial charge in [-0.05, 0) is 42.5 Å². The van der Waals surface area contributed by atoms with E-state index in [2.05, 4.69) is 10.6 Å². The van der Waals surface area contributed by atoms with Gasteiger partial charge >= 0.3 is 0 Å². The number of hydrogen-bond donors (Lipinski definition) is 2. The van der Waals surface area contributed by atoms with E-state index in [-0.39, 0.29) is 17.6 Å². The minimum Gasteiger partial charge on any atom is -0.326 e. The quantitative estimate of drug-likeness (QED) is 0.435. The van der Waals surface area contributed by atoms with Crippen LogP contribution in [0.3, 0.4) is 0 Å². The normalized spacial score (nSPS) is 10.2. The Morgan fingerprint density at radius 3 is 2.03 bits per heavy atom. The summed E-state index contributed by atoms with van der Waals surface area (Å²) < 4.78 is 0. The highest BCUT2D eigenvalue weighted by atomic mass is 32.2. The molecule has 0 aliphatic heterocycles. The Labute approximate surface area is 173 Å². The van der Waals surface area contributed by atoms with Gasteiger partial charge in [-0.15, -0.1) is 11.8 Å². The van der Waals surface area contributed by atoms with E-state index < -0.39 is 0 Å². The van der Waals surface area contributed by atoms with Crippen LogP contribution < -0.4 is 10.6 Å². The van der Waals surface area contributed by atoms with Crippen LogP contribution >= 0.6 is 11.8 Å². The van der Waals surface area contributed by atoms with Crippen molar-refractivity contribution in [2.75, 3.05) is 16.4 Å². The summed E-state index contributed by atoms with van der Waals surface area (Å²) in [6.07, 6.45) is 0. The van der Waals surface area contributed by atoms with E-state index >= 15 is 0 Å². The van der Waals surface area contributed by atoms with E-state index in [1.807, 2.05) is 24.3 Å². The summed E-state index contributed by atoms with van der Waals surface area (Å²) in [5.41, 5.74) is 2.48. The van der Waals surface area contributed by atoms with Crippen LogP contribution in [0, 0.1) is 0 Å². The highest BCUT2D eigenvalue weighted by Gasteiger charge is 2.10. The highest BCUT2D eigenvalue weighted by molar-refractivity contribution is 8.00. The molecule has 146 valence electrons. The number of benzene rings is 3. The fourth-order valence-electron chi connectivity index (χ4n) is 2.63. The third-order valence-electron chi connectivity index (χ3n) is 4.03. The van der Waals surface area contributed by atoms with Crippen molar-refractivity contribution in [3.8, 4) is 0 Å². The van der Waals surface area contributed by atoms with Gasteiger partial charge in [0.1, 0.15) is 0 Å². The molecule has 0 bridgehead atoms. The number of rotatable bonds is 7. The molecule has 0 aromatic heterocycles. The van der Waals surface area contributed by atoms with Crippen LogP contribution in [0.25, 0.3) is 0 Å². The SMILES string of the molecule is CC(=O)Nc1ccc(NC(=O)c2cccc(SCC(=O)c3ccccc3)c2)cc1. The fraction of sp³-hybridized carbons (Fsp3) is 0.0870. The maximum atomic E-state index is 12.5. The Morgan fingerprint density at radius 1 is 0.759 bits per heavy atom. The number of thioether (sulfide) groups is 1. The standard InChI is InChI=1S/C23H20N2O3S/c1-16(26)24-19-10-12-20(13-11-19)25-23(28)18-8-5-9-21(14-18)29-15-22(27)17-6-3-2-4-7-17/h2-14H,15H2,1H3,(H,24,26)(H,25,28). The van der Waals surface area contributed by atoms with Gasteiger partial charge in [0.15, 0.2) is 5.78 Å². The van der Waals surface area contributed by atoms with Gasteiger partial charge in [-0.3, -0.25) is 14.4 Å². The van der Waals surface area contributed by atoms with Crippen molar-refractivity contribution < 1.29 is 14.4 Å². The molecule has 6 heteroatoms. The lowest BCUT2D eigenvalue weighted by Gasteiger charge is -2.08. The monoisotopic (exact) mass is 404 g/mol. The summed E-state index contributed by atoms with van der Waals surface area (Å²) in [6, 6.07) is 23.2. The van der Waals surface area contributed by atoms with E-state index in [1.54, 1.807) is 54.6 Å². The molecule has 0 aliphatic rings. The van der Waals surface area contributed by atoms with Crippen LogP contribution in [0.5, 0.6) is 0 Å². The molecule has 0 radical (unpaired) electrons. The average molecular weight is 404 g/mol. The van der Waals surface area contributed by atoms with Gasteiger partial charge in [-0.2, -0.15) is 0 Å². The number of nitrogens with one attached hydrogen (secondary N) is 2. The van der Waals surface area contributed by atoms with Crippen molar-refractivity contribution in [2.45, 2.75) is 11.8 Å². The first-order valence-electron chi connectivity index (χ1n) is 9.01. The van der Waals surface area contributed by atoms with Gasteiger partial charge in [0.05, 0.1) is 5.75 Å². The second kappa shape index (κ2) is 9.71. The van der Waals surface area contributed by atoms with E-state index in [0.717, 1.165) is 4.90 Å². The number of carbonyl (C=O) groups is 3. The molecule has 0 atom stereocenters. The molecule has 0 aliphatic carbocycles. The lowest BCUT2D eigenvalue weighted by molar-refractivity contribution is -0.114. The molecule has 3 aromatic carbocycles. The van der Waals surface area contributed by atoms with Crippen LogP contribution in [-0.2, 0) is 4.79 Å². The van der Waals surface area contributed by atoms with Gasteiger partial charge in [0, 0.05) is 34.3 Å². The molecule has 0 spiro atoms. The first-order chi connectivity index (χ1) is 14.0. The first kappa shape index (κ1) is 20.4. The van der Waals surface area contributed by atoms with Gasteiger partial charge in [0.25, 0.3) is 5.91 Å². The number of carbonyl (C=O) groups excluding carboxylic acids is 3. The lowest BCUT2D eigenvalue weighted by atomic mass is 10.2. The lowest BCUT2D eigenvalue weighted by Crippen LogP contribution is -2.12. The minimum absolute atomic E-state index is 0.0460. The Morgan fingerprint density at radius 2 is 1.38 bits per heavy atom. The smallest absolute Gasteiger partial charge is 0.255 e. The predicted octanol–water partition coefficient (Wildman–Crippen LogP) is 4.87. The molecule has 0 unspecified atom stereocenters. The highest BCUT2D eigenvalue weighted by Crippen LogP contribution is 2.21. The van der Waals surface area contributed by atoms with Crippen LogP contribution in [0.1, 0.15) is 27.6 Å². The molecule has 0 heterocycles. The van der Waals surface area contributed by atoms with Crippen molar-refractivity contribution in [1.82, 2.24) is 0 Å². The van der Waals surface area contributed by atoms with Gasteiger partial charge in [-0.25, -0.2) is 0 Å². The number of Topliss-reactive ketones (excluding diaryl/α,β-unsaturated/α-hetero) is 1. The van der Waals surface area contributed by atoms with Crippen LogP contribution in [0.2, 0.25) is 0 Å². The van der Waals surface area contributed by atoms with Crippen LogP contribution in [0.15, 0.2) is 83.8 Å². The zero-order chi connectivity index (χ0) is 20.6. The molecule has 3 aromatic rings. The van der Waals surface area contributed by atoms with Crippen LogP contribution in [-0.4, -0.2) is 23.4 Å². The van der Waals surface area contributed by atoms with Crippen molar-refractivity contribution in [1.29, 1.82) is 0 Å². The molecular weight excluding hydrogens is 384 g/mol. The van der Waals surface area contributed by atoms with Crippen molar-refractivity contribution in [2.24, 2.45) is 0 Å². The molecule has 0 fully saturated rings. The van der Waals surface area contributed by atoms with E-state index in [4.69, 9.17) is 0 Å². The molecule has 2 amide bonds.